The van der Waals surface area contributed by atoms with Crippen LogP contribution in [-0.2, 0) is 0 Å². The molecule has 2 aromatic heterocycles. The number of pyridine rings is 1. The smallest absolute Gasteiger partial charge is 0.0675 e. The van der Waals surface area contributed by atoms with Crippen molar-refractivity contribution in [2.24, 2.45) is 0 Å². The van der Waals surface area contributed by atoms with Gasteiger partial charge in [0.1, 0.15) is 0 Å². The van der Waals surface area contributed by atoms with E-state index in [0.29, 0.717) is 0 Å². The van der Waals surface area contributed by atoms with Crippen LogP contribution in [0, 0.1) is 6.92 Å². The van der Waals surface area contributed by atoms with Crippen LogP contribution < -0.4 is 0 Å². The fourth-order valence-electron chi connectivity index (χ4n) is 1.16. The van der Waals surface area contributed by atoms with E-state index in [4.69, 9.17) is 0 Å². The van der Waals surface area contributed by atoms with Gasteiger partial charge in [0.15, 0.2) is 0 Å². The number of hydrogen-bond donors (Lipinski definition) is 0. The molecule has 2 heterocycles. The SMILES string of the molecule is CC.Cc1cc(Br)cc2ccnn12. The maximum atomic E-state index is 4.16. The van der Waals surface area contributed by atoms with E-state index in [9.17, 15) is 0 Å². The van der Waals surface area contributed by atoms with Crippen molar-refractivity contribution < 1.29 is 0 Å². The Morgan fingerprint density at radius 3 is 2.69 bits per heavy atom. The summed E-state index contributed by atoms with van der Waals surface area (Å²) in [6.45, 7) is 6.03. The second kappa shape index (κ2) is 4.42. The first-order valence-corrected chi connectivity index (χ1v) is 5.16. The highest BCUT2D eigenvalue weighted by molar-refractivity contribution is 9.10. The zero-order valence-corrected chi connectivity index (χ0v) is 9.67. The minimum atomic E-state index is 1.10. The molecule has 13 heavy (non-hydrogen) atoms. The molecule has 2 nitrogen and oxygen atoms in total. The Balaban J connectivity index is 0.000000396. The largest absolute Gasteiger partial charge is 0.238 e. The molecule has 0 aliphatic heterocycles. The molecule has 0 aliphatic rings. The first kappa shape index (κ1) is 10.3. The molecular weight excluding hydrogens is 228 g/mol. The van der Waals surface area contributed by atoms with Gasteiger partial charge in [-0.3, -0.25) is 0 Å². The highest BCUT2D eigenvalue weighted by Crippen LogP contribution is 2.15. The van der Waals surface area contributed by atoms with Crippen molar-refractivity contribution in [3.05, 3.63) is 34.6 Å². The molecule has 0 fully saturated rings. The molecule has 2 rings (SSSR count). The third-order valence-electron chi connectivity index (χ3n) is 1.64. The number of aryl methyl sites for hydroxylation is 1. The zero-order chi connectivity index (χ0) is 9.84. The molecule has 0 spiro atoms. The Kier molecular flexibility index (Phi) is 3.48. The van der Waals surface area contributed by atoms with Gasteiger partial charge in [-0.2, -0.15) is 5.10 Å². The standard InChI is InChI=1S/C8H7BrN2.C2H6/c1-6-4-7(9)5-8-2-3-10-11(6)8;1-2/h2-5H,1H3;1-2H3. The number of hydrogen-bond acceptors (Lipinski definition) is 1. The molecule has 0 aliphatic carbocycles. The van der Waals surface area contributed by atoms with Crippen molar-refractivity contribution in [1.29, 1.82) is 0 Å². The minimum absolute atomic E-state index is 1.10. The second-order valence-electron chi connectivity index (χ2n) is 2.48. The minimum Gasteiger partial charge on any atom is -0.238 e. The number of halogens is 1. The molecule has 0 bridgehead atoms. The second-order valence-corrected chi connectivity index (χ2v) is 3.40. The highest BCUT2D eigenvalue weighted by atomic mass is 79.9. The van der Waals surface area contributed by atoms with Gasteiger partial charge < -0.3 is 0 Å². The quantitative estimate of drug-likeness (QED) is 0.690. The van der Waals surface area contributed by atoms with Gasteiger partial charge >= 0.3 is 0 Å². The number of fused-ring (bicyclic) bond motifs is 1. The zero-order valence-electron chi connectivity index (χ0n) is 8.08. The molecule has 0 aromatic carbocycles. The van der Waals surface area contributed by atoms with Gasteiger partial charge in [0.2, 0.25) is 0 Å². The highest BCUT2D eigenvalue weighted by Gasteiger charge is 1.97. The van der Waals surface area contributed by atoms with Crippen molar-refractivity contribution in [3.8, 4) is 0 Å². The first-order valence-electron chi connectivity index (χ1n) is 4.37. The van der Waals surface area contributed by atoms with Crippen LogP contribution in [0.1, 0.15) is 19.5 Å². The van der Waals surface area contributed by atoms with Gasteiger partial charge in [0, 0.05) is 16.4 Å². The Morgan fingerprint density at radius 2 is 2.00 bits per heavy atom. The average molecular weight is 241 g/mol. The lowest BCUT2D eigenvalue weighted by molar-refractivity contribution is 0.913. The van der Waals surface area contributed by atoms with Gasteiger partial charge in [0.25, 0.3) is 0 Å². The predicted octanol–water partition coefficient (Wildman–Crippen LogP) is 3.43. The van der Waals surface area contributed by atoms with E-state index in [2.05, 4.69) is 21.0 Å². The Bertz CT molecular complexity index is 393. The summed E-state index contributed by atoms with van der Waals surface area (Å²) in [6.07, 6.45) is 1.80. The summed E-state index contributed by atoms with van der Waals surface area (Å²) in [5.41, 5.74) is 2.26. The van der Waals surface area contributed by atoms with Gasteiger partial charge in [0.05, 0.1) is 5.52 Å². The molecule has 3 heteroatoms. The van der Waals surface area contributed by atoms with Crippen molar-refractivity contribution in [2.45, 2.75) is 20.8 Å². The molecule has 2 aromatic rings. The van der Waals surface area contributed by atoms with E-state index < -0.39 is 0 Å². The molecule has 0 N–H and O–H groups in total. The van der Waals surface area contributed by atoms with Crippen LogP contribution in [0.2, 0.25) is 0 Å². The van der Waals surface area contributed by atoms with E-state index in [-0.39, 0.29) is 0 Å². The Morgan fingerprint density at radius 1 is 1.31 bits per heavy atom. The maximum Gasteiger partial charge on any atom is 0.0675 e. The summed E-state index contributed by atoms with van der Waals surface area (Å²) in [5, 5.41) is 4.16. The van der Waals surface area contributed by atoms with Crippen molar-refractivity contribution in [2.75, 3.05) is 0 Å². The molecule has 0 atom stereocenters. The maximum absolute atomic E-state index is 4.16. The number of rotatable bonds is 0. The lowest BCUT2D eigenvalue weighted by Gasteiger charge is -1.98. The average Bonchev–Trinajstić information content (AvgIpc) is 2.55. The fourth-order valence-corrected chi connectivity index (χ4v) is 1.73. The summed E-state index contributed by atoms with van der Waals surface area (Å²) in [6, 6.07) is 6.07. The van der Waals surface area contributed by atoms with E-state index in [1.54, 1.807) is 6.20 Å². The number of nitrogens with zero attached hydrogens (tertiary/aromatic N) is 2. The molecule has 0 saturated heterocycles. The third kappa shape index (κ3) is 2.10. The lowest BCUT2D eigenvalue weighted by Crippen LogP contribution is -1.91. The van der Waals surface area contributed by atoms with Crippen LogP contribution in [0.3, 0.4) is 0 Å². The molecule has 0 radical (unpaired) electrons. The summed E-state index contributed by atoms with van der Waals surface area (Å²) in [5.74, 6) is 0. The first-order chi connectivity index (χ1) is 6.27. The topological polar surface area (TPSA) is 17.3 Å². The van der Waals surface area contributed by atoms with Crippen molar-refractivity contribution in [3.63, 3.8) is 0 Å². The normalized spacial score (nSPS) is 9.54. The summed E-state index contributed by atoms with van der Waals surface area (Å²) < 4.78 is 3.01. The summed E-state index contributed by atoms with van der Waals surface area (Å²) >= 11 is 3.43. The van der Waals surface area contributed by atoms with E-state index in [1.165, 1.54) is 0 Å². The Hall–Kier alpha value is -0.830. The van der Waals surface area contributed by atoms with Gasteiger partial charge in [-0.15, -0.1) is 0 Å². The van der Waals surface area contributed by atoms with Crippen LogP contribution in [0.4, 0.5) is 0 Å². The van der Waals surface area contributed by atoms with Crippen LogP contribution in [-0.4, -0.2) is 9.61 Å². The lowest BCUT2D eigenvalue weighted by atomic mass is 10.3. The van der Waals surface area contributed by atoms with E-state index in [1.807, 2.05) is 43.5 Å². The molecule has 0 unspecified atom stereocenters. The van der Waals surface area contributed by atoms with Crippen LogP contribution in [0.15, 0.2) is 28.9 Å². The predicted molar refractivity (Wildman–Crippen MR) is 59.0 cm³/mol. The molecule has 0 saturated carbocycles. The van der Waals surface area contributed by atoms with Gasteiger partial charge in [-0.1, -0.05) is 29.8 Å². The van der Waals surface area contributed by atoms with Crippen LogP contribution in [0.5, 0.6) is 0 Å². The number of aromatic nitrogens is 2. The van der Waals surface area contributed by atoms with E-state index in [0.717, 1.165) is 15.7 Å². The molecule has 0 amide bonds. The van der Waals surface area contributed by atoms with Gasteiger partial charge in [-0.05, 0) is 25.1 Å². The summed E-state index contributed by atoms with van der Waals surface area (Å²) in [7, 11) is 0. The molecular formula is C10H13BrN2. The van der Waals surface area contributed by atoms with E-state index >= 15 is 0 Å². The molecule has 70 valence electrons. The van der Waals surface area contributed by atoms with Crippen molar-refractivity contribution in [1.82, 2.24) is 9.61 Å². The monoisotopic (exact) mass is 240 g/mol. The fraction of sp³-hybridized carbons (Fsp3) is 0.300. The Labute approximate surface area is 86.7 Å². The van der Waals surface area contributed by atoms with Crippen molar-refractivity contribution >= 4 is 21.4 Å². The van der Waals surface area contributed by atoms with Gasteiger partial charge in [-0.25, -0.2) is 4.52 Å². The van der Waals surface area contributed by atoms with Crippen LogP contribution in [0.25, 0.3) is 5.52 Å². The third-order valence-corrected chi connectivity index (χ3v) is 2.10. The van der Waals surface area contributed by atoms with Crippen LogP contribution >= 0.6 is 15.9 Å². The summed E-state index contributed by atoms with van der Waals surface area (Å²) in [4.78, 5) is 0.